The van der Waals surface area contributed by atoms with Gasteiger partial charge in [0, 0.05) is 28.5 Å². The van der Waals surface area contributed by atoms with E-state index >= 15 is 0 Å². The summed E-state index contributed by atoms with van der Waals surface area (Å²) in [5.74, 6) is 0. The molecule has 0 spiro atoms. The summed E-state index contributed by atoms with van der Waals surface area (Å²) in [7, 11) is 2.15. The normalized spacial score (nSPS) is 11.1. The van der Waals surface area contributed by atoms with Gasteiger partial charge in [-0.1, -0.05) is 78.9 Å². The predicted molar refractivity (Wildman–Crippen MR) is 142 cm³/mol. The number of hydrogen-bond donors (Lipinski definition) is 0. The summed E-state index contributed by atoms with van der Waals surface area (Å²) in [4.78, 5) is 0. The Hall–Kier alpha value is -3.91. The summed E-state index contributed by atoms with van der Waals surface area (Å²) in [6.07, 6.45) is 2.23. The average molecular weight is 444 g/mol. The second-order valence-corrected chi connectivity index (χ2v) is 9.22. The second kappa shape index (κ2) is 8.79. The fourth-order valence-corrected chi connectivity index (χ4v) is 5.01. The fraction of sp³-hybridized carbons (Fsp3) is 0.156. The first-order valence-electron chi connectivity index (χ1n) is 11.9. The van der Waals surface area contributed by atoms with E-state index in [9.17, 15) is 0 Å². The highest BCUT2D eigenvalue weighted by Crippen LogP contribution is 2.40. The van der Waals surface area contributed by atoms with Crippen LogP contribution in [0.4, 0.5) is 0 Å². The Bertz CT molecular complexity index is 1420. The van der Waals surface area contributed by atoms with Crippen LogP contribution >= 0.6 is 0 Å². The lowest BCUT2D eigenvalue weighted by Gasteiger charge is -2.21. The highest BCUT2D eigenvalue weighted by molar-refractivity contribution is 5.87. The minimum atomic E-state index is 1.22. The largest absolute Gasteiger partial charge is 0.307 e. The molecule has 2 aromatic heterocycles. The third-order valence-electron chi connectivity index (χ3n) is 6.79. The Balaban J connectivity index is 1.90. The predicted octanol–water partition coefficient (Wildman–Crippen LogP) is 7.54. The van der Waals surface area contributed by atoms with Crippen LogP contribution in [0.15, 0.2) is 97.2 Å². The van der Waals surface area contributed by atoms with E-state index in [1.54, 1.807) is 0 Å². The van der Waals surface area contributed by atoms with E-state index in [-0.39, 0.29) is 0 Å². The Morgan fingerprint density at radius 1 is 0.588 bits per heavy atom. The van der Waals surface area contributed by atoms with Crippen LogP contribution in [-0.2, 0) is 7.05 Å². The molecule has 0 radical (unpaired) electrons. The van der Waals surface area contributed by atoms with Crippen LogP contribution in [0, 0.1) is 27.7 Å². The molecule has 0 bridgehead atoms. The van der Waals surface area contributed by atoms with Gasteiger partial charge in [0.2, 0.25) is 5.69 Å². The zero-order valence-corrected chi connectivity index (χ0v) is 20.6. The number of nitrogens with zero attached hydrogens (tertiary/aromatic N) is 2. The topological polar surface area (TPSA) is 8.81 Å². The maximum atomic E-state index is 2.46. The van der Waals surface area contributed by atoms with Crippen molar-refractivity contribution in [1.29, 1.82) is 0 Å². The highest BCUT2D eigenvalue weighted by Gasteiger charge is 2.25. The number of aryl methyl sites for hydroxylation is 5. The molecule has 3 aromatic carbocycles. The first-order valence-corrected chi connectivity index (χ1v) is 11.9. The minimum absolute atomic E-state index is 1.22. The molecule has 0 saturated carbocycles. The molecule has 2 nitrogen and oxygen atoms in total. The third kappa shape index (κ3) is 3.76. The maximum Gasteiger partial charge on any atom is 0.229 e. The monoisotopic (exact) mass is 443 g/mol. The number of aromatic nitrogens is 2. The minimum Gasteiger partial charge on any atom is -0.307 e. The first-order chi connectivity index (χ1) is 16.5. The summed E-state index contributed by atoms with van der Waals surface area (Å²) in [5, 5.41) is 0. The molecule has 0 atom stereocenters. The van der Waals surface area contributed by atoms with E-state index in [1.807, 2.05) is 0 Å². The summed E-state index contributed by atoms with van der Waals surface area (Å²) in [6, 6.07) is 32.7. The molecule has 0 aliphatic heterocycles. The lowest BCUT2D eigenvalue weighted by Crippen LogP contribution is -2.32. The van der Waals surface area contributed by atoms with Crippen molar-refractivity contribution in [1.82, 2.24) is 4.57 Å². The fourth-order valence-electron chi connectivity index (χ4n) is 5.01. The van der Waals surface area contributed by atoms with E-state index in [2.05, 4.69) is 141 Å². The van der Waals surface area contributed by atoms with Gasteiger partial charge in [0.1, 0.15) is 12.7 Å². The molecule has 5 rings (SSSR count). The summed E-state index contributed by atoms with van der Waals surface area (Å²) in [6.45, 7) is 8.81. The number of benzene rings is 3. The van der Waals surface area contributed by atoms with Gasteiger partial charge in [0.25, 0.3) is 0 Å². The molecule has 0 aliphatic carbocycles. The van der Waals surface area contributed by atoms with Gasteiger partial charge in [-0.05, 0) is 56.0 Å². The standard InChI is InChI=1S/C32H31N2/c1-22-20-30(33(5)21-24(22)3)31-23(2)19-25(4)34(31)32-28(26-13-8-6-9-14-26)17-12-18-29(32)27-15-10-7-11-16-27/h6-21H,1-5H3/q+1. The van der Waals surface area contributed by atoms with Crippen LogP contribution in [-0.4, -0.2) is 4.57 Å². The summed E-state index contributed by atoms with van der Waals surface area (Å²) >= 11 is 0. The van der Waals surface area contributed by atoms with Gasteiger partial charge >= 0.3 is 0 Å². The lowest BCUT2D eigenvalue weighted by molar-refractivity contribution is -0.661. The van der Waals surface area contributed by atoms with Crippen molar-refractivity contribution in [2.75, 3.05) is 0 Å². The van der Waals surface area contributed by atoms with Crippen molar-refractivity contribution in [3.05, 3.63) is 120 Å². The zero-order chi connectivity index (χ0) is 23.8. The number of para-hydroxylation sites is 1. The molecular weight excluding hydrogens is 412 g/mol. The number of hydrogen-bond acceptors (Lipinski definition) is 0. The number of pyridine rings is 1. The molecule has 0 amide bonds. The molecule has 0 aliphatic rings. The van der Waals surface area contributed by atoms with Crippen molar-refractivity contribution in [3.8, 4) is 39.3 Å². The Morgan fingerprint density at radius 2 is 1.15 bits per heavy atom. The van der Waals surface area contributed by atoms with Crippen LogP contribution in [0.2, 0.25) is 0 Å². The quantitative estimate of drug-likeness (QED) is 0.254. The van der Waals surface area contributed by atoms with Crippen molar-refractivity contribution in [2.45, 2.75) is 27.7 Å². The van der Waals surface area contributed by atoms with Crippen LogP contribution in [0.3, 0.4) is 0 Å². The van der Waals surface area contributed by atoms with Gasteiger partial charge in [-0.3, -0.25) is 0 Å². The third-order valence-corrected chi connectivity index (χ3v) is 6.79. The smallest absolute Gasteiger partial charge is 0.229 e. The second-order valence-electron chi connectivity index (χ2n) is 9.22. The molecule has 2 heterocycles. The highest BCUT2D eigenvalue weighted by atomic mass is 15.0. The summed E-state index contributed by atoms with van der Waals surface area (Å²) < 4.78 is 4.72. The molecule has 34 heavy (non-hydrogen) atoms. The Labute approximate surface area is 202 Å². The van der Waals surface area contributed by atoms with E-state index < -0.39 is 0 Å². The van der Waals surface area contributed by atoms with Crippen LogP contribution < -0.4 is 4.57 Å². The SMILES string of the molecule is Cc1cc(-c2c(C)cc(C)n2-c2c(-c3ccccc3)cccc2-c2ccccc2)[n+](C)cc1C. The molecule has 168 valence electrons. The van der Waals surface area contributed by atoms with E-state index in [4.69, 9.17) is 0 Å². The first kappa shape index (κ1) is 21.9. The van der Waals surface area contributed by atoms with Crippen LogP contribution in [0.25, 0.3) is 39.3 Å². The average Bonchev–Trinajstić information content (AvgIpc) is 3.15. The van der Waals surface area contributed by atoms with Crippen molar-refractivity contribution < 1.29 is 4.57 Å². The lowest BCUT2D eigenvalue weighted by atomic mass is 9.95. The van der Waals surface area contributed by atoms with E-state index in [0.717, 1.165) is 0 Å². The van der Waals surface area contributed by atoms with E-state index in [1.165, 1.54) is 61.7 Å². The van der Waals surface area contributed by atoms with Gasteiger partial charge in [0.05, 0.1) is 5.69 Å². The molecule has 5 aromatic rings. The van der Waals surface area contributed by atoms with Gasteiger partial charge in [-0.2, -0.15) is 4.57 Å². The molecular formula is C32H31N2+. The molecule has 0 unspecified atom stereocenters. The van der Waals surface area contributed by atoms with Gasteiger partial charge in [0.15, 0.2) is 6.20 Å². The number of rotatable bonds is 4. The van der Waals surface area contributed by atoms with Crippen LogP contribution in [0.1, 0.15) is 22.4 Å². The van der Waals surface area contributed by atoms with Crippen molar-refractivity contribution in [2.24, 2.45) is 7.05 Å². The van der Waals surface area contributed by atoms with E-state index in [0.29, 0.717) is 0 Å². The van der Waals surface area contributed by atoms with Crippen molar-refractivity contribution in [3.63, 3.8) is 0 Å². The Morgan fingerprint density at radius 3 is 1.71 bits per heavy atom. The van der Waals surface area contributed by atoms with Crippen molar-refractivity contribution >= 4 is 0 Å². The molecule has 0 saturated heterocycles. The summed E-state index contributed by atoms with van der Waals surface area (Å²) in [5.41, 5.74) is 13.7. The van der Waals surface area contributed by atoms with Crippen LogP contribution in [0.5, 0.6) is 0 Å². The molecule has 0 N–H and O–H groups in total. The van der Waals surface area contributed by atoms with Gasteiger partial charge in [-0.15, -0.1) is 0 Å². The molecule has 2 heteroatoms. The van der Waals surface area contributed by atoms with Gasteiger partial charge in [-0.25, -0.2) is 0 Å². The maximum absolute atomic E-state index is 2.46. The van der Waals surface area contributed by atoms with Gasteiger partial charge < -0.3 is 4.57 Å². The zero-order valence-electron chi connectivity index (χ0n) is 20.6. The Kier molecular flexibility index (Phi) is 5.67. The molecule has 0 fully saturated rings.